The van der Waals surface area contributed by atoms with Crippen molar-refractivity contribution in [1.82, 2.24) is 5.32 Å². The van der Waals surface area contributed by atoms with Crippen LogP contribution in [0.5, 0.6) is 0 Å². The highest BCUT2D eigenvalue weighted by atomic mass is 32.2. The van der Waals surface area contributed by atoms with Crippen molar-refractivity contribution in [2.45, 2.75) is 11.7 Å². The molecule has 1 aliphatic heterocycles. The third-order valence-corrected chi connectivity index (χ3v) is 3.15. The molecule has 1 rings (SSSR count). The number of imide groups is 1. The molecule has 0 aromatic rings. The first-order valence-corrected chi connectivity index (χ1v) is 5.03. The Morgan fingerprint density at radius 2 is 2.31 bits per heavy atom. The quantitative estimate of drug-likeness (QED) is 0.465. The molecule has 1 fully saturated rings. The van der Waals surface area contributed by atoms with Crippen LogP contribution in [0.2, 0.25) is 0 Å². The van der Waals surface area contributed by atoms with Gasteiger partial charge in [0.25, 0.3) is 0 Å². The highest BCUT2D eigenvalue weighted by molar-refractivity contribution is 7.86. The molecule has 0 bridgehead atoms. The second kappa shape index (κ2) is 4.18. The van der Waals surface area contributed by atoms with Crippen molar-refractivity contribution in [3.05, 3.63) is 12.3 Å². The van der Waals surface area contributed by atoms with Gasteiger partial charge in [0.05, 0.1) is 12.7 Å². The van der Waals surface area contributed by atoms with E-state index < -0.39 is 27.9 Å². The van der Waals surface area contributed by atoms with Crippen molar-refractivity contribution in [1.29, 1.82) is 0 Å². The summed E-state index contributed by atoms with van der Waals surface area (Å²) in [6, 6.07) is 0. The topological polar surface area (TPSA) is 83.5 Å². The normalized spacial score (nSPS) is 25.1. The summed E-state index contributed by atoms with van der Waals surface area (Å²) < 4.78 is 11.3. The second-order valence-corrected chi connectivity index (χ2v) is 4.20. The summed E-state index contributed by atoms with van der Waals surface area (Å²) in [5.74, 6) is -0.798. The lowest BCUT2D eigenvalue weighted by Crippen LogP contribution is -2.28. The van der Waals surface area contributed by atoms with Crippen molar-refractivity contribution < 1.29 is 18.9 Å². The fraction of sp³-hybridized carbons (Fsp3) is 0.429. The maximum Gasteiger partial charge on any atom is 0.242 e. The van der Waals surface area contributed by atoms with Gasteiger partial charge in [-0.1, -0.05) is 0 Å². The van der Waals surface area contributed by atoms with Crippen molar-refractivity contribution >= 4 is 22.6 Å². The number of hydrogen-bond acceptors (Lipinski definition) is 4. The smallest absolute Gasteiger partial charge is 0.242 e. The molecule has 2 atom stereocenters. The summed E-state index contributed by atoms with van der Waals surface area (Å²) in [4.78, 5) is 21.7. The second-order valence-electron chi connectivity index (χ2n) is 2.54. The molecule has 2 N–H and O–H groups in total. The summed E-state index contributed by atoms with van der Waals surface area (Å²) in [5.41, 5.74) is 0. The molecule has 0 aromatic heterocycles. The van der Waals surface area contributed by atoms with Crippen LogP contribution in [-0.4, -0.2) is 32.1 Å². The Balaban J connectivity index is 2.57. The molecule has 1 aliphatic rings. The van der Waals surface area contributed by atoms with Gasteiger partial charge in [0.15, 0.2) is 0 Å². The number of aliphatic hydroxyl groups excluding tert-OH is 1. The van der Waals surface area contributed by atoms with Gasteiger partial charge in [-0.2, -0.15) is 0 Å². The van der Waals surface area contributed by atoms with Gasteiger partial charge in [0.2, 0.25) is 11.8 Å². The zero-order valence-electron chi connectivity index (χ0n) is 6.73. The minimum absolute atomic E-state index is 0.0231. The van der Waals surface area contributed by atoms with Gasteiger partial charge in [-0.3, -0.25) is 19.1 Å². The number of carbonyl (C=O) groups excluding carboxylic acids is 2. The van der Waals surface area contributed by atoms with Crippen LogP contribution in [0, 0.1) is 0 Å². The molecule has 2 unspecified atom stereocenters. The molecular weight excluding hydrogens is 194 g/mol. The van der Waals surface area contributed by atoms with E-state index in [9.17, 15) is 13.8 Å². The Morgan fingerprint density at radius 1 is 1.62 bits per heavy atom. The molecular formula is C7H9NO4S. The van der Waals surface area contributed by atoms with Crippen LogP contribution in [0.15, 0.2) is 12.3 Å². The van der Waals surface area contributed by atoms with Gasteiger partial charge in [0.1, 0.15) is 5.25 Å². The van der Waals surface area contributed by atoms with E-state index in [-0.39, 0.29) is 12.2 Å². The molecule has 0 saturated carbocycles. The van der Waals surface area contributed by atoms with E-state index in [4.69, 9.17) is 5.11 Å². The summed E-state index contributed by atoms with van der Waals surface area (Å²) in [6.45, 7) is 0. The Kier molecular flexibility index (Phi) is 3.18. The maximum absolute atomic E-state index is 11.3. The largest absolute Gasteiger partial charge is 0.516 e. The maximum atomic E-state index is 11.3. The van der Waals surface area contributed by atoms with E-state index in [1.165, 1.54) is 6.08 Å². The van der Waals surface area contributed by atoms with Crippen LogP contribution in [0.1, 0.15) is 6.42 Å². The van der Waals surface area contributed by atoms with Gasteiger partial charge in [-0.05, 0) is 6.08 Å². The molecule has 0 aromatic carbocycles. The van der Waals surface area contributed by atoms with E-state index in [1.807, 2.05) is 0 Å². The molecule has 1 heterocycles. The van der Waals surface area contributed by atoms with Crippen molar-refractivity contribution in [2.24, 2.45) is 0 Å². The zero-order valence-corrected chi connectivity index (χ0v) is 7.54. The Labute approximate surface area is 77.3 Å². The third-order valence-electron chi connectivity index (χ3n) is 1.61. The van der Waals surface area contributed by atoms with Gasteiger partial charge in [-0.25, -0.2) is 0 Å². The van der Waals surface area contributed by atoms with Crippen LogP contribution in [0.4, 0.5) is 0 Å². The number of amides is 2. The standard InChI is InChI=1S/C7H9NO4S/c9-2-1-3-13(12)5-4-6(10)8-7(5)11/h1-2,5,9H,3-4H2,(H,8,10,11). The van der Waals surface area contributed by atoms with E-state index in [0.29, 0.717) is 0 Å². The number of rotatable bonds is 3. The van der Waals surface area contributed by atoms with Crippen LogP contribution in [0.25, 0.3) is 0 Å². The Bertz CT molecular complexity index is 286. The zero-order chi connectivity index (χ0) is 9.84. The SMILES string of the molecule is O=C1CC(S(=O)CC=CO)C(=O)N1. The molecule has 13 heavy (non-hydrogen) atoms. The summed E-state index contributed by atoms with van der Waals surface area (Å²) >= 11 is 0. The highest BCUT2D eigenvalue weighted by Crippen LogP contribution is 2.09. The average Bonchev–Trinajstić information content (AvgIpc) is 2.41. The molecule has 6 heteroatoms. The van der Waals surface area contributed by atoms with Gasteiger partial charge >= 0.3 is 0 Å². The van der Waals surface area contributed by atoms with E-state index >= 15 is 0 Å². The molecule has 0 aliphatic carbocycles. The first-order valence-electron chi connectivity index (χ1n) is 3.65. The molecule has 5 nitrogen and oxygen atoms in total. The van der Waals surface area contributed by atoms with Crippen molar-refractivity contribution in [2.75, 3.05) is 5.75 Å². The number of nitrogens with one attached hydrogen (secondary N) is 1. The van der Waals surface area contributed by atoms with Crippen molar-refractivity contribution in [3.8, 4) is 0 Å². The molecule has 72 valence electrons. The van der Waals surface area contributed by atoms with Gasteiger partial charge < -0.3 is 5.11 Å². The Hall–Kier alpha value is -1.17. The van der Waals surface area contributed by atoms with E-state index in [1.54, 1.807) is 0 Å². The third kappa shape index (κ3) is 2.38. The molecule has 1 saturated heterocycles. The lowest BCUT2D eigenvalue weighted by Gasteiger charge is -2.01. The van der Waals surface area contributed by atoms with Crippen LogP contribution in [0.3, 0.4) is 0 Å². The predicted molar refractivity (Wildman–Crippen MR) is 46.3 cm³/mol. The highest BCUT2D eigenvalue weighted by Gasteiger charge is 2.34. The van der Waals surface area contributed by atoms with Crippen molar-refractivity contribution in [3.63, 3.8) is 0 Å². The summed E-state index contributed by atoms with van der Waals surface area (Å²) in [7, 11) is -1.43. The molecule has 0 radical (unpaired) electrons. The van der Waals surface area contributed by atoms with E-state index in [0.717, 1.165) is 6.26 Å². The summed E-state index contributed by atoms with van der Waals surface area (Å²) in [6.07, 6.45) is 2.03. The summed E-state index contributed by atoms with van der Waals surface area (Å²) in [5, 5.41) is 9.60. The van der Waals surface area contributed by atoms with Crippen LogP contribution >= 0.6 is 0 Å². The first kappa shape index (κ1) is 9.91. The first-order chi connectivity index (χ1) is 6.15. The van der Waals surface area contributed by atoms with Gasteiger partial charge in [-0.15, -0.1) is 0 Å². The lowest BCUT2D eigenvalue weighted by molar-refractivity contribution is -0.124. The fourth-order valence-corrected chi connectivity index (χ4v) is 2.14. The van der Waals surface area contributed by atoms with Crippen LogP contribution in [-0.2, 0) is 20.4 Å². The fourth-order valence-electron chi connectivity index (χ4n) is 0.996. The molecule has 2 amide bonds. The number of aliphatic hydroxyl groups is 1. The Morgan fingerprint density at radius 3 is 2.77 bits per heavy atom. The minimum atomic E-state index is -1.43. The lowest BCUT2D eigenvalue weighted by atomic mass is 10.4. The van der Waals surface area contributed by atoms with Crippen LogP contribution < -0.4 is 5.32 Å². The number of carbonyl (C=O) groups is 2. The minimum Gasteiger partial charge on any atom is -0.516 e. The predicted octanol–water partition coefficient (Wildman–Crippen LogP) is -0.778. The van der Waals surface area contributed by atoms with Gasteiger partial charge in [0, 0.05) is 16.6 Å². The van der Waals surface area contributed by atoms with E-state index in [2.05, 4.69) is 5.32 Å². The monoisotopic (exact) mass is 203 g/mol. The average molecular weight is 203 g/mol. The molecule has 0 spiro atoms. The number of hydrogen-bond donors (Lipinski definition) is 2.